The predicted octanol–water partition coefficient (Wildman–Crippen LogP) is 2.44. The van der Waals surface area contributed by atoms with Crippen LogP contribution in [0.25, 0.3) is 11.0 Å². The van der Waals surface area contributed by atoms with E-state index < -0.39 is 0 Å². The van der Waals surface area contributed by atoms with E-state index >= 15 is 0 Å². The summed E-state index contributed by atoms with van der Waals surface area (Å²) < 4.78 is 7.68. The van der Waals surface area contributed by atoms with Gasteiger partial charge in [-0.15, -0.1) is 0 Å². The molecule has 2 aromatic rings. The predicted molar refractivity (Wildman–Crippen MR) is 78.3 cm³/mol. The quantitative estimate of drug-likeness (QED) is 0.742. The molecule has 1 N–H and O–H groups in total. The summed E-state index contributed by atoms with van der Waals surface area (Å²) in [4.78, 5) is 4.38. The number of nitrogens with zero attached hydrogens (tertiary/aromatic N) is 2. The fourth-order valence-electron chi connectivity index (χ4n) is 2.03. The minimum absolute atomic E-state index is 0.331. The van der Waals surface area contributed by atoms with Crippen LogP contribution in [0.15, 0.2) is 30.6 Å². The Balaban J connectivity index is 1.66. The number of para-hydroxylation sites is 2. The Morgan fingerprint density at radius 3 is 2.95 bits per heavy atom. The van der Waals surface area contributed by atoms with Crippen molar-refractivity contribution < 1.29 is 4.74 Å². The maximum Gasteiger partial charge on any atom is 0.0958 e. The Morgan fingerprint density at radius 1 is 1.26 bits per heavy atom. The molecule has 4 nitrogen and oxygen atoms in total. The average Bonchev–Trinajstić information content (AvgIpc) is 2.81. The number of imidazole rings is 1. The van der Waals surface area contributed by atoms with Crippen molar-refractivity contribution in [3.63, 3.8) is 0 Å². The van der Waals surface area contributed by atoms with Crippen molar-refractivity contribution >= 4 is 11.0 Å². The van der Waals surface area contributed by atoms with E-state index in [9.17, 15) is 0 Å². The molecule has 0 saturated carbocycles. The number of rotatable bonds is 8. The molecule has 1 aromatic heterocycles. The van der Waals surface area contributed by atoms with Gasteiger partial charge in [0.05, 0.1) is 23.5 Å². The summed E-state index contributed by atoms with van der Waals surface area (Å²) in [7, 11) is 0. The number of ether oxygens (including phenoxy) is 1. The van der Waals surface area contributed by atoms with Gasteiger partial charge in [0.2, 0.25) is 0 Å². The zero-order valence-corrected chi connectivity index (χ0v) is 11.8. The van der Waals surface area contributed by atoms with E-state index in [4.69, 9.17) is 4.74 Å². The minimum Gasteiger partial charge on any atom is -0.379 e. The van der Waals surface area contributed by atoms with Crippen molar-refractivity contribution in [2.24, 2.45) is 0 Å². The number of hydrogen-bond acceptors (Lipinski definition) is 3. The van der Waals surface area contributed by atoms with Crippen molar-refractivity contribution in [2.75, 3.05) is 19.7 Å². The van der Waals surface area contributed by atoms with Crippen molar-refractivity contribution in [2.45, 2.75) is 32.9 Å². The highest BCUT2D eigenvalue weighted by atomic mass is 16.5. The molecule has 2 rings (SSSR count). The summed E-state index contributed by atoms with van der Waals surface area (Å²) >= 11 is 0. The SMILES string of the molecule is CC(C)OCCCNCCn1cnc2ccccc21. The van der Waals surface area contributed by atoms with Gasteiger partial charge in [-0.2, -0.15) is 0 Å². The zero-order chi connectivity index (χ0) is 13.5. The molecule has 4 heteroatoms. The van der Waals surface area contributed by atoms with Gasteiger partial charge in [0, 0.05) is 19.7 Å². The van der Waals surface area contributed by atoms with E-state index in [2.05, 4.69) is 40.8 Å². The van der Waals surface area contributed by atoms with E-state index in [-0.39, 0.29) is 0 Å². The van der Waals surface area contributed by atoms with Gasteiger partial charge in [0.1, 0.15) is 0 Å². The Hall–Kier alpha value is -1.39. The highest BCUT2D eigenvalue weighted by Crippen LogP contribution is 2.10. The molecule has 0 bridgehead atoms. The van der Waals surface area contributed by atoms with Crippen LogP contribution in [-0.4, -0.2) is 35.4 Å². The second kappa shape index (κ2) is 7.26. The molecule has 0 aliphatic carbocycles. The van der Waals surface area contributed by atoms with Gasteiger partial charge in [-0.25, -0.2) is 4.98 Å². The second-order valence-corrected chi connectivity index (χ2v) is 4.95. The van der Waals surface area contributed by atoms with Gasteiger partial charge < -0.3 is 14.6 Å². The maximum atomic E-state index is 5.50. The number of benzene rings is 1. The third-order valence-electron chi connectivity index (χ3n) is 3.01. The third kappa shape index (κ3) is 4.33. The molecule has 0 radical (unpaired) electrons. The topological polar surface area (TPSA) is 39.1 Å². The summed E-state index contributed by atoms with van der Waals surface area (Å²) in [6.07, 6.45) is 3.30. The molecule has 19 heavy (non-hydrogen) atoms. The zero-order valence-electron chi connectivity index (χ0n) is 11.8. The van der Waals surface area contributed by atoms with Gasteiger partial charge in [-0.1, -0.05) is 12.1 Å². The lowest BCUT2D eigenvalue weighted by atomic mass is 10.3. The monoisotopic (exact) mass is 261 g/mol. The lowest BCUT2D eigenvalue weighted by Gasteiger charge is -2.08. The van der Waals surface area contributed by atoms with E-state index in [1.807, 2.05) is 18.5 Å². The molecule has 1 aromatic carbocycles. The molecular weight excluding hydrogens is 238 g/mol. The highest BCUT2D eigenvalue weighted by Gasteiger charge is 2.00. The average molecular weight is 261 g/mol. The Bertz CT molecular complexity index is 493. The molecule has 104 valence electrons. The lowest BCUT2D eigenvalue weighted by Crippen LogP contribution is -2.22. The molecular formula is C15H23N3O. The van der Waals surface area contributed by atoms with Gasteiger partial charge in [0.15, 0.2) is 0 Å². The number of hydrogen-bond donors (Lipinski definition) is 1. The number of aromatic nitrogens is 2. The second-order valence-electron chi connectivity index (χ2n) is 4.95. The van der Waals surface area contributed by atoms with Crippen LogP contribution in [-0.2, 0) is 11.3 Å². The van der Waals surface area contributed by atoms with Crippen molar-refractivity contribution in [1.29, 1.82) is 0 Å². The summed E-state index contributed by atoms with van der Waals surface area (Å²) in [5.74, 6) is 0. The molecule has 0 unspecified atom stereocenters. The largest absolute Gasteiger partial charge is 0.379 e. The first-order valence-corrected chi connectivity index (χ1v) is 6.99. The van der Waals surface area contributed by atoms with Crippen LogP contribution < -0.4 is 5.32 Å². The molecule has 0 amide bonds. The minimum atomic E-state index is 0.331. The Kier molecular flexibility index (Phi) is 5.36. The van der Waals surface area contributed by atoms with Crippen LogP contribution in [0.4, 0.5) is 0 Å². The van der Waals surface area contributed by atoms with Gasteiger partial charge in [0.25, 0.3) is 0 Å². The number of nitrogens with one attached hydrogen (secondary N) is 1. The number of fused-ring (bicyclic) bond motifs is 1. The maximum absolute atomic E-state index is 5.50. The summed E-state index contributed by atoms with van der Waals surface area (Å²) in [6.45, 7) is 7.88. The van der Waals surface area contributed by atoms with Crippen molar-refractivity contribution in [3.05, 3.63) is 30.6 Å². The van der Waals surface area contributed by atoms with Crippen LogP contribution in [0.1, 0.15) is 20.3 Å². The van der Waals surface area contributed by atoms with Crippen LogP contribution in [0, 0.1) is 0 Å². The fourth-order valence-corrected chi connectivity index (χ4v) is 2.03. The first kappa shape index (κ1) is 14.0. The summed E-state index contributed by atoms with van der Waals surface area (Å²) in [6, 6.07) is 8.23. The molecule has 0 atom stereocenters. The lowest BCUT2D eigenvalue weighted by molar-refractivity contribution is 0.0771. The smallest absolute Gasteiger partial charge is 0.0958 e. The van der Waals surface area contributed by atoms with Gasteiger partial charge in [-0.05, 0) is 38.9 Å². The standard InChI is InChI=1S/C15H23N3O/c1-13(2)19-11-5-8-16-9-10-18-12-17-14-6-3-4-7-15(14)18/h3-4,6-7,12-13,16H,5,8-11H2,1-2H3. The highest BCUT2D eigenvalue weighted by molar-refractivity contribution is 5.74. The van der Waals surface area contributed by atoms with Gasteiger partial charge in [-0.3, -0.25) is 0 Å². The fraction of sp³-hybridized carbons (Fsp3) is 0.533. The first-order chi connectivity index (χ1) is 9.27. The van der Waals surface area contributed by atoms with Crippen LogP contribution in [0.3, 0.4) is 0 Å². The van der Waals surface area contributed by atoms with E-state index in [1.165, 1.54) is 5.52 Å². The summed E-state index contributed by atoms with van der Waals surface area (Å²) in [5, 5.41) is 3.43. The van der Waals surface area contributed by atoms with E-state index in [0.29, 0.717) is 6.10 Å². The molecule has 0 aliphatic heterocycles. The van der Waals surface area contributed by atoms with Crippen molar-refractivity contribution in [3.8, 4) is 0 Å². The van der Waals surface area contributed by atoms with Gasteiger partial charge >= 0.3 is 0 Å². The van der Waals surface area contributed by atoms with E-state index in [1.54, 1.807) is 0 Å². The van der Waals surface area contributed by atoms with Crippen LogP contribution in [0.5, 0.6) is 0 Å². The molecule has 0 aliphatic rings. The van der Waals surface area contributed by atoms with Crippen LogP contribution in [0.2, 0.25) is 0 Å². The first-order valence-electron chi connectivity index (χ1n) is 6.99. The van der Waals surface area contributed by atoms with Crippen LogP contribution >= 0.6 is 0 Å². The molecule has 0 spiro atoms. The Labute approximate surface area is 114 Å². The molecule has 0 fully saturated rings. The third-order valence-corrected chi connectivity index (χ3v) is 3.01. The molecule has 0 saturated heterocycles. The Morgan fingerprint density at radius 2 is 2.11 bits per heavy atom. The molecule has 1 heterocycles. The summed E-state index contributed by atoms with van der Waals surface area (Å²) in [5.41, 5.74) is 2.26. The van der Waals surface area contributed by atoms with E-state index in [0.717, 1.165) is 38.2 Å². The normalized spacial score (nSPS) is 11.5. The van der Waals surface area contributed by atoms with Crippen molar-refractivity contribution in [1.82, 2.24) is 14.9 Å².